The monoisotopic (exact) mass is 506 g/mol. The Morgan fingerprint density at radius 3 is 2.58 bits per heavy atom. The van der Waals surface area contributed by atoms with Crippen LogP contribution < -0.4 is 0 Å². The van der Waals surface area contributed by atoms with Crippen LogP contribution in [0.5, 0.6) is 0 Å². The van der Waals surface area contributed by atoms with Crippen molar-refractivity contribution in [1.82, 2.24) is 9.55 Å². The molecule has 5 rings (SSSR count). The molecule has 2 aliphatic carbocycles. The van der Waals surface area contributed by atoms with Crippen LogP contribution in [0.15, 0.2) is 35.7 Å². The summed E-state index contributed by atoms with van der Waals surface area (Å²) in [4.78, 5) is 31.2. The molecule has 3 atom stereocenters. The number of hydrogen-bond donors (Lipinski definition) is 1. The molecular weight excluding hydrogens is 468 g/mol. The fraction of sp³-hybridized carbons (Fsp3) is 0.567. The van der Waals surface area contributed by atoms with Crippen molar-refractivity contribution >= 4 is 34.1 Å². The van der Waals surface area contributed by atoms with Crippen LogP contribution in [0.1, 0.15) is 105 Å². The zero-order valence-electron chi connectivity index (χ0n) is 21.3. The van der Waals surface area contributed by atoms with Crippen molar-refractivity contribution in [2.24, 2.45) is 17.8 Å². The lowest BCUT2D eigenvalue weighted by Crippen LogP contribution is -2.22. The number of benzene rings is 1. The highest BCUT2D eigenvalue weighted by Gasteiger charge is 2.28. The first-order valence-electron chi connectivity index (χ1n) is 13.8. The van der Waals surface area contributed by atoms with Crippen LogP contribution in [-0.2, 0) is 11.2 Å². The average molecular weight is 507 g/mol. The first kappa shape index (κ1) is 25.2. The van der Waals surface area contributed by atoms with Gasteiger partial charge in [0.2, 0.25) is 0 Å². The van der Waals surface area contributed by atoms with Crippen molar-refractivity contribution in [1.29, 1.82) is 0 Å². The molecule has 0 unspecified atom stereocenters. The second-order valence-corrected chi connectivity index (χ2v) is 12.2. The molecule has 0 bridgehead atoms. The average Bonchev–Trinajstić information content (AvgIpc) is 3.60. The highest BCUT2D eigenvalue weighted by molar-refractivity contribution is 7.09. The van der Waals surface area contributed by atoms with E-state index in [2.05, 4.69) is 35.1 Å². The lowest BCUT2D eigenvalue weighted by atomic mass is 9.85. The van der Waals surface area contributed by atoms with E-state index in [-0.39, 0.29) is 18.1 Å². The predicted octanol–water partition coefficient (Wildman–Crippen LogP) is 7.68. The number of carboxylic acid groups (broad SMARTS) is 1. The Kier molecular flexibility index (Phi) is 7.90. The van der Waals surface area contributed by atoms with Crippen LogP contribution in [0.2, 0.25) is 0 Å². The summed E-state index contributed by atoms with van der Waals surface area (Å²) in [5, 5.41) is 11.6. The standard InChI is InChI=1S/C30H38N2O3S/c1-20-7-2-5-11-26(20)32-27-13-12-23(18-25(27)31-29(32)19-24-10-6-14-36-24)28(33)16-22(17-30(34)35)15-21-8-3-4-9-21/h6,10,12-14,18,20-22,26H,2-5,7-9,11,15-17,19H2,1H3,(H,34,35)/t20-,22-,26-/m1/s1. The minimum atomic E-state index is -0.806. The molecule has 2 aliphatic rings. The van der Waals surface area contributed by atoms with Crippen LogP contribution >= 0.6 is 11.3 Å². The summed E-state index contributed by atoms with van der Waals surface area (Å²) in [5.41, 5.74) is 2.66. The number of rotatable bonds is 10. The van der Waals surface area contributed by atoms with Gasteiger partial charge in [0.15, 0.2) is 5.78 Å². The maximum Gasteiger partial charge on any atom is 0.303 e. The van der Waals surface area contributed by atoms with Gasteiger partial charge in [0.25, 0.3) is 0 Å². The van der Waals surface area contributed by atoms with Crippen LogP contribution in [0.3, 0.4) is 0 Å². The van der Waals surface area contributed by atoms with Crippen LogP contribution in [0, 0.1) is 17.8 Å². The molecule has 1 N–H and O–H groups in total. The molecule has 192 valence electrons. The molecule has 2 aromatic heterocycles. The van der Waals surface area contributed by atoms with Crippen molar-refractivity contribution in [2.45, 2.75) is 90.0 Å². The molecule has 6 heteroatoms. The number of nitrogens with zero attached hydrogens (tertiary/aromatic N) is 2. The van der Waals surface area contributed by atoms with Crippen LogP contribution in [0.25, 0.3) is 11.0 Å². The third-order valence-electron chi connectivity index (χ3n) is 8.47. The summed E-state index contributed by atoms with van der Waals surface area (Å²) in [7, 11) is 0. The van der Waals surface area contributed by atoms with Gasteiger partial charge in [0.1, 0.15) is 5.82 Å². The maximum absolute atomic E-state index is 13.3. The van der Waals surface area contributed by atoms with Crippen molar-refractivity contribution in [3.8, 4) is 0 Å². The van der Waals surface area contributed by atoms with E-state index in [1.165, 1.54) is 56.2 Å². The molecule has 0 amide bonds. The number of carbonyl (C=O) groups excluding carboxylic acids is 1. The SMILES string of the molecule is C[C@@H]1CCCC[C@H]1n1c(Cc2cccs2)nc2cc(C(=O)C[C@H](CC(=O)O)CC3CCCC3)ccc21. The molecule has 1 aromatic carbocycles. The smallest absolute Gasteiger partial charge is 0.303 e. The van der Waals surface area contributed by atoms with Gasteiger partial charge in [-0.05, 0) is 66.7 Å². The quantitative estimate of drug-likeness (QED) is 0.286. The Morgan fingerprint density at radius 1 is 1.08 bits per heavy atom. The molecule has 0 spiro atoms. The number of thiophene rings is 1. The van der Waals surface area contributed by atoms with Gasteiger partial charge >= 0.3 is 5.97 Å². The van der Waals surface area contributed by atoms with Gasteiger partial charge in [-0.25, -0.2) is 4.98 Å². The first-order chi connectivity index (χ1) is 17.5. The number of carbonyl (C=O) groups is 2. The highest BCUT2D eigenvalue weighted by atomic mass is 32.1. The van der Waals surface area contributed by atoms with E-state index in [0.29, 0.717) is 29.9 Å². The number of ketones is 1. The topological polar surface area (TPSA) is 72.2 Å². The summed E-state index contributed by atoms with van der Waals surface area (Å²) < 4.78 is 2.46. The molecular formula is C30H38N2O3S. The summed E-state index contributed by atoms with van der Waals surface area (Å²) in [6.45, 7) is 2.36. The minimum absolute atomic E-state index is 0.0431. The molecule has 3 aromatic rings. The third kappa shape index (κ3) is 5.74. The Bertz CT molecular complexity index is 1190. The van der Waals surface area contributed by atoms with Crippen LogP contribution in [0.4, 0.5) is 0 Å². The van der Waals surface area contributed by atoms with E-state index < -0.39 is 5.97 Å². The zero-order valence-corrected chi connectivity index (χ0v) is 22.1. The van der Waals surface area contributed by atoms with E-state index in [9.17, 15) is 14.7 Å². The lowest BCUT2D eigenvalue weighted by molar-refractivity contribution is -0.138. The zero-order chi connectivity index (χ0) is 25.1. The fourth-order valence-corrected chi connectivity index (χ4v) is 7.35. The predicted molar refractivity (Wildman–Crippen MR) is 145 cm³/mol. The lowest BCUT2D eigenvalue weighted by Gasteiger charge is -2.31. The second-order valence-electron chi connectivity index (χ2n) is 11.2. The first-order valence-corrected chi connectivity index (χ1v) is 14.6. The van der Waals surface area contributed by atoms with Gasteiger partial charge in [0, 0.05) is 35.7 Å². The molecule has 0 radical (unpaired) electrons. The maximum atomic E-state index is 13.3. The summed E-state index contributed by atoms with van der Waals surface area (Å²) in [5.74, 6) is 1.40. The molecule has 0 saturated heterocycles. The molecule has 0 aliphatic heterocycles. The van der Waals surface area contributed by atoms with E-state index in [1.54, 1.807) is 11.3 Å². The van der Waals surface area contributed by atoms with Gasteiger partial charge in [-0.15, -0.1) is 11.3 Å². The largest absolute Gasteiger partial charge is 0.481 e. The van der Waals surface area contributed by atoms with Crippen molar-refractivity contribution in [2.75, 3.05) is 0 Å². The number of Topliss-reactive ketones (excluding diaryl/α,β-unsaturated/α-hetero) is 1. The Morgan fingerprint density at radius 2 is 1.86 bits per heavy atom. The molecule has 5 nitrogen and oxygen atoms in total. The van der Waals surface area contributed by atoms with E-state index in [0.717, 1.165) is 29.7 Å². The van der Waals surface area contributed by atoms with Gasteiger partial charge in [-0.3, -0.25) is 9.59 Å². The fourth-order valence-electron chi connectivity index (χ4n) is 6.65. The van der Waals surface area contributed by atoms with E-state index in [1.807, 2.05) is 12.1 Å². The molecule has 2 heterocycles. The molecule has 36 heavy (non-hydrogen) atoms. The second kappa shape index (κ2) is 11.3. The summed E-state index contributed by atoms with van der Waals surface area (Å²) in [6.07, 6.45) is 11.8. The highest BCUT2D eigenvalue weighted by Crippen LogP contribution is 2.38. The van der Waals surface area contributed by atoms with Crippen molar-refractivity contribution in [3.63, 3.8) is 0 Å². The minimum Gasteiger partial charge on any atom is -0.481 e. The Hall–Kier alpha value is -2.47. The van der Waals surface area contributed by atoms with Crippen molar-refractivity contribution in [3.05, 3.63) is 52.0 Å². The number of aromatic nitrogens is 2. The number of imidazole rings is 1. The van der Waals surface area contributed by atoms with Gasteiger partial charge in [0.05, 0.1) is 11.0 Å². The third-order valence-corrected chi connectivity index (χ3v) is 9.35. The van der Waals surface area contributed by atoms with Crippen LogP contribution in [-0.4, -0.2) is 26.4 Å². The summed E-state index contributed by atoms with van der Waals surface area (Å²) in [6, 6.07) is 10.7. The van der Waals surface area contributed by atoms with Crippen molar-refractivity contribution < 1.29 is 14.7 Å². The van der Waals surface area contributed by atoms with Gasteiger partial charge in [-0.1, -0.05) is 51.5 Å². The normalized spacial score (nSPS) is 21.7. The van der Waals surface area contributed by atoms with E-state index in [4.69, 9.17) is 4.98 Å². The Balaban J connectivity index is 1.42. The summed E-state index contributed by atoms with van der Waals surface area (Å²) >= 11 is 1.76. The number of hydrogen-bond acceptors (Lipinski definition) is 4. The van der Waals surface area contributed by atoms with E-state index >= 15 is 0 Å². The molecule has 2 saturated carbocycles. The van der Waals surface area contributed by atoms with Gasteiger partial charge in [-0.2, -0.15) is 0 Å². The number of fused-ring (bicyclic) bond motifs is 1. The van der Waals surface area contributed by atoms with Gasteiger partial charge < -0.3 is 9.67 Å². The number of carboxylic acids is 1. The molecule has 2 fully saturated rings. The Labute approximate surface area is 217 Å². The number of aliphatic carboxylic acids is 1.